The van der Waals surface area contributed by atoms with E-state index < -0.39 is 42.2 Å². The third-order valence-electron chi connectivity index (χ3n) is 2.69. The van der Waals surface area contributed by atoms with Gasteiger partial charge in [0, 0.05) is 6.42 Å². The third-order valence-corrected chi connectivity index (χ3v) is 2.69. The minimum Gasteiger partial charge on any atom is -0.444 e. The number of aliphatic hydroxyl groups excluding tert-OH is 4. The number of carbonyl (C=O) groups is 1. The number of rotatable bonds is 1. The Morgan fingerprint density at radius 1 is 1.11 bits per heavy atom. The van der Waals surface area contributed by atoms with Gasteiger partial charge in [-0.25, -0.2) is 4.79 Å². The highest BCUT2D eigenvalue weighted by atomic mass is 16.6. The molecule has 106 valence electrons. The quantitative estimate of drug-likeness (QED) is 0.402. The molecule has 1 fully saturated rings. The molecule has 0 bridgehead atoms. The fraction of sp³-hybridized carbons (Fsp3) is 0.909. The Morgan fingerprint density at radius 3 is 2.17 bits per heavy atom. The molecule has 0 unspecified atom stereocenters. The molecule has 1 saturated carbocycles. The van der Waals surface area contributed by atoms with E-state index in [0.717, 1.165) is 0 Å². The highest BCUT2D eigenvalue weighted by molar-refractivity contribution is 5.68. The number of carbonyl (C=O) groups excluding carboxylic acids is 1. The molecule has 5 atom stereocenters. The van der Waals surface area contributed by atoms with E-state index in [1.54, 1.807) is 20.8 Å². The molecule has 0 aromatic heterocycles. The van der Waals surface area contributed by atoms with Crippen molar-refractivity contribution in [2.45, 2.75) is 63.3 Å². The Labute approximate surface area is 105 Å². The van der Waals surface area contributed by atoms with Crippen LogP contribution in [0.15, 0.2) is 0 Å². The Balaban J connectivity index is 2.62. The van der Waals surface area contributed by atoms with Crippen LogP contribution in [0.1, 0.15) is 27.2 Å². The molecule has 0 spiro atoms. The molecule has 0 aromatic carbocycles. The van der Waals surface area contributed by atoms with Gasteiger partial charge in [0.05, 0.1) is 18.2 Å². The highest BCUT2D eigenvalue weighted by Crippen LogP contribution is 2.21. The Hall–Kier alpha value is -0.890. The van der Waals surface area contributed by atoms with Crippen molar-refractivity contribution < 1.29 is 30.0 Å². The minimum absolute atomic E-state index is 0.126. The summed E-state index contributed by atoms with van der Waals surface area (Å²) in [5, 5.41) is 40.5. The zero-order valence-corrected chi connectivity index (χ0v) is 10.7. The summed E-state index contributed by atoms with van der Waals surface area (Å²) in [6.07, 6.45) is -6.14. The van der Waals surface area contributed by atoms with Crippen molar-refractivity contribution >= 4 is 6.09 Å². The summed E-state index contributed by atoms with van der Waals surface area (Å²) in [4.78, 5) is 11.5. The highest BCUT2D eigenvalue weighted by Gasteiger charge is 2.43. The smallest absolute Gasteiger partial charge is 0.408 e. The van der Waals surface area contributed by atoms with Gasteiger partial charge in [-0.2, -0.15) is 0 Å². The second-order valence-corrected chi connectivity index (χ2v) is 5.52. The summed E-state index contributed by atoms with van der Waals surface area (Å²) in [5.74, 6) is 0. The topological polar surface area (TPSA) is 119 Å². The van der Waals surface area contributed by atoms with Crippen molar-refractivity contribution in [3.05, 3.63) is 0 Å². The molecule has 0 radical (unpaired) electrons. The molecule has 0 saturated heterocycles. The van der Waals surface area contributed by atoms with E-state index in [1.165, 1.54) is 0 Å². The van der Waals surface area contributed by atoms with Crippen molar-refractivity contribution in [2.75, 3.05) is 0 Å². The molecular weight excluding hydrogens is 242 g/mol. The maximum atomic E-state index is 11.5. The van der Waals surface area contributed by atoms with Crippen molar-refractivity contribution in [1.82, 2.24) is 5.32 Å². The van der Waals surface area contributed by atoms with Crippen LogP contribution in [0.3, 0.4) is 0 Å². The second kappa shape index (κ2) is 5.40. The molecule has 1 rings (SSSR count). The first-order valence-electron chi connectivity index (χ1n) is 5.83. The number of alkyl carbamates (subject to hydrolysis) is 1. The van der Waals surface area contributed by atoms with Gasteiger partial charge in [0.15, 0.2) is 0 Å². The monoisotopic (exact) mass is 263 g/mol. The molecule has 0 heterocycles. The number of aliphatic hydroxyl groups is 4. The summed E-state index contributed by atoms with van der Waals surface area (Å²) < 4.78 is 4.98. The first-order chi connectivity index (χ1) is 8.11. The predicted molar refractivity (Wildman–Crippen MR) is 61.8 cm³/mol. The largest absolute Gasteiger partial charge is 0.444 e. The fourth-order valence-electron chi connectivity index (χ4n) is 1.83. The number of ether oxygens (including phenoxy) is 1. The molecule has 0 aliphatic heterocycles. The standard InChI is InChI=1S/C11H21NO6/c1-11(2,3)18-10(17)12-7-5(13)4-6(14)8(15)9(7)16/h5-9,13-16H,4H2,1-3H3,(H,12,17)/t5-,6-,7-,8-,9+/m0/s1. The fourth-order valence-corrected chi connectivity index (χ4v) is 1.83. The average molecular weight is 263 g/mol. The predicted octanol–water partition coefficient (Wildman–Crippen LogP) is -1.27. The zero-order chi connectivity index (χ0) is 14.1. The maximum absolute atomic E-state index is 11.5. The summed E-state index contributed by atoms with van der Waals surface area (Å²) in [6.45, 7) is 5.04. The molecule has 0 aromatic rings. The number of nitrogens with one attached hydrogen (secondary N) is 1. The van der Waals surface area contributed by atoms with Crippen molar-refractivity contribution in [3.63, 3.8) is 0 Å². The second-order valence-electron chi connectivity index (χ2n) is 5.52. The molecule has 7 heteroatoms. The van der Waals surface area contributed by atoms with Gasteiger partial charge in [-0.05, 0) is 20.8 Å². The van der Waals surface area contributed by atoms with E-state index >= 15 is 0 Å². The van der Waals surface area contributed by atoms with E-state index in [9.17, 15) is 25.2 Å². The van der Waals surface area contributed by atoms with E-state index in [1.807, 2.05) is 0 Å². The SMILES string of the molecule is CC(C)(C)OC(=O)N[C@@H]1[C@@H](O)[C@@H](O)[C@@H](O)C[C@@H]1O. The molecule has 1 aliphatic rings. The summed E-state index contributed by atoms with van der Waals surface area (Å²) >= 11 is 0. The Kier molecular flexibility index (Phi) is 4.55. The van der Waals surface area contributed by atoms with Gasteiger partial charge in [-0.3, -0.25) is 0 Å². The maximum Gasteiger partial charge on any atom is 0.408 e. The van der Waals surface area contributed by atoms with Crippen LogP contribution in [0.5, 0.6) is 0 Å². The summed E-state index contributed by atoms with van der Waals surface area (Å²) in [5.41, 5.74) is -0.702. The third kappa shape index (κ3) is 3.81. The normalized spacial score (nSPS) is 37.2. The lowest BCUT2D eigenvalue weighted by Gasteiger charge is -2.39. The van der Waals surface area contributed by atoms with Gasteiger partial charge in [0.25, 0.3) is 0 Å². The lowest BCUT2D eigenvalue weighted by Crippen LogP contribution is -2.62. The van der Waals surface area contributed by atoms with Gasteiger partial charge in [0.2, 0.25) is 0 Å². The van der Waals surface area contributed by atoms with Crippen LogP contribution < -0.4 is 5.32 Å². The summed E-state index contributed by atoms with van der Waals surface area (Å²) in [7, 11) is 0. The van der Waals surface area contributed by atoms with Crippen LogP contribution in [0.25, 0.3) is 0 Å². The number of amides is 1. The average Bonchev–Trinajstić information content (AvgIpc) is 2.19. The Morgan fingerprint density at radius 2 is 1.67 bits per heavy atom. The minimum atomic E-state index is -1.45. The van der Waals surface area contributed by atoms with Gasteiger partial charge < -0.3 is 30.5 Å². The molecule has 18 heavy (non-hydrogen) atoms. The van der Waals surface area contributed by atoms with Gasteiger partial charge >= 0.3 is 6.09 Å². The zero-order valence-electron chi connectivity index (χ0n) is 10.7. The number of hydrogen-bond acceptors (Lipinski definition) is 6. The van der Waals surface area contributed by atoms with Crippen LogP contribution in [0.2, 0.25) is 0 Å². The molecule has 7 nitrogen and oxygen atoms in total. The van der Waals surface area contributed by atoms with E-state index in [2.05, 4.69) is 5.32 Å². The molecule has 5 N–H and O–H groups in total. The first kappa shape index (κ1) is 15.2. The lowest BCUT2D eigenvalue weighted by atomic mass is 9.85. The molecule has 1 aliphatic carbocycles. The Bertz CT molecular complexity index is 302. The number of hydrogen-bond donors (Lipinski definition) is 5. The van der Waals surface area contributed by atoms with Gasteiger partial charge in [0.1, 0.15) is 17.8 Å². The summed E-state index contributed by atoms with van der Waals surface area (Å²) in [6, 6.07) is -1.07. The first-order valence-corrected chi connectivity index (χ1v) is 5.83. The van der Waals surface area contributed by atoms with E-state index in [0.29, 0.717) is 0 Å². The van der Waals surface area contributed by atoms with Gasteiger partial charge in [-0.1, -0.05) is 0 Å². The van der Waals surface area contributed by atoms with Gasteiger partial charge in [-0.15, -0.1) is 0 Å². The van der Waals surface area contributed by atoms with Crippen LogP contribution in [-0.2, 0) is 4.74 Å². The van der Waals surface area contributed by atoms with Crippen LogP contribution in [-0.4, -0.2) is 62.6 Å². The van der Waals surface area contributed by atoms with Crippen molar-refractivity contribution in [3.8, 4) is 0 Å². The molecular formula is C11H21NO6. The molecule has 1 amide bonds. The van der Waals surface area contributed by atoms with Crippen LogP contribution in [0, 0.1) is 0 Å². The van der Waals surface area contributed by atoms with Crippen molar-refractivity contribution in [1.29, 1.82) is 0 Å². The van der Waals surface area contributed by atoms with Crippen LogP contribution in [0.4, 0.5) is 4.79 Å². The van der Waals surface area contributed by atoms with Crippen molar-refractivity contribution in [2.24, 2.45) is 0 Å². The lowest BCUT2D eigenvalue weighted by molar-refractivity contribution is -0.133. The van der Waals surface area contributed by atoms with Crippen LogP contribution >= 0.6 is 0 Å². The van der Waals surface area contributed by atoms with E-state index in [-0.39, 0.29) is 6.42 Å². The van der Waals surface area contributed by atoms with E-state index in [4.69, 9.17) is 4.74 Å².